The van der Waals surface area contributed by atoms with Crippen LogP contribution in [-0.4, -0.2) is 17.1 Å². The Bertz CT molecular complexity index is 682. The van der Waals surface area contributed by atoms with Crippen LogP contribution in [0, 0.1) is 0 Å². The smallest absolute Gasteiger partial charge is 0.251 e. The Hall–Kier alpha value is -2.04. The largest absolute Gasteiger partial charge is 0.399 e. The number of halogens is 1. The highest BCUT2D eigenvalue weighted by Gasteiger charge is 2.32. The Balaban J connectivity index is 1.85. The molecular formula is C16H15ClN2O2. The van der Waals surface area contributed by atoms with Gasteiger partial charge in [0.2, 0.25) is 0 Å². The molecule has 3 rings (SSSR count). The molecule has 4 N–H and O–H groups in total. The van der Waals surface area contributed by atoms with Gasteiger partial charge in [-0.3, -0.25) is 4.79 Å². The number of fused-ring (bicyclic) bond motifs is 1. The van der Waals surface area contributed by atoms with Gasteiger partial charge in [-0.1, -0.05) is 35.9 Å². The summed E-state index contributed by atoms with van der Waals surface area (Å²) >= 11 is 5.91. The van der Waals surface area contributed by atoms with Gasteiger partial charge < -0.3 is 16.2 Å². The van der Waals surface area contributed by atoms with Crippen molar-refractivity contribution in [1.29, 1.82) is 0 Å². The molecule has 0 saturated heterocycles. The number of hydrogen-bond donors (Lipinski definition) is 3. The third kappa shape index (κ3) is 2.73. The minimum atomic E-state index is -0.622. The average molecular weight is 303 g/mol. The highest BCUT2D eigenvalue weighted by atomic mass is 35.5. The van der Waals surface area contributed by atoms with Crippen molar-refractivity contribution in [3.63, 3.8) is 0 Å². The molecule has 0 aliphatic heterocycles. The quantitative estimate of drug-likeness (QED) is 0.745. The molecule has 2 aromatic carbocycles. The summed E-state index contributed by atoms with van der Waals surface area (Å²) in [5.41, 5.74) is 8.52. The molecule has 1 amide bonds. The van der Waals surface area contributed by atoms with Gasteiger partial charge in [0.15, 0.2) is 0 Å². The van der Waals surface area contributed by atoms with Crippen LogP contribution < -0.4 is 11.1 Å². The van der Waals surface area contributed by atoms with E-state index in [1.165, 1.54) is 0 Å². The maximum Gasteiger partial charge on any atom is 0.251 e. The molecule has 2 atom stereocenters. The van der Waals surface area contributed by atoms with Crippen molar-refractivity contribution >= 4 is 23.2 Å². The van der Waals surface area contributed by atoms with E-state index in [1.807, 2.05) is 24.3 Å². The molecule has 0 radical (unpaired) electrons. The van der Waals surface area contributed by atoms with Crippen molar-refractivity contribution in [3.05, 3.63) is 64.2 Å². The summed E-state index contributed by atoms with van der Waals surface area (Å²) in [4.78, 5) is 12.3. The fourth-order valence-corrected chi connectivity index (χ4v) is 2.96. The molecular weight excluding hydrogens is 288 g/mol. The second-order valence-corrected chi connectivity index (χ2v) is 5.63. The van der Waals surface area contributed by atoms with Gasteiger partial charge in [-0.25, -0.2) is 0 Å². The predicted octanol–water partition coefficient (Wildman–Crippen LogP) is 2.31. The molecule has 108 valence electrons. The van der Waals surface area contributed by atoms with Crippen LogP contribution in [0.25, 0.3) is 0 Å². The second kappa shape index (κ2) is 5.39. The molecule has 0 fully saturated rings. The molecule has 21 heavy (non-hydrogen) atoms. The molecule has 0 spiro atoms. The molecule has 4 nitrogen and oxygen atoms in total. The van der Waals surface area contributed by atoms with Crippen LogP contribution in [0.1, 0.15) is 27.5 Å². The highest BCUT2D eigenvalue weighted by molar-refractivity contribution is 6.31. The molecule has 0 unspecified atom stereocenters. The molecule has 1 aliphatic rings. The second-order valence-electron chi connectivity index (χ2n) is 5.19. The Morgan fingerprint density at radius 2 is 2.05 bits per heavy atom. The van der Waals surface area contributed by atoms with Gasteiger partial charge in [-0.2, -0.15) is 0 Å². The van der Waals surface area contributed by atoms with Crippen molar-refractivity contribution in [2.24, 2.45) is 0 Å². The average Bonchev–Trinajstić information content (AvgIpc) is 2.74. The van der Waals surface area contributed by atoms with Crippen molar-refractivity contribution < 1.29 is 9.90 Å². The third-order valence-electron chi connectivity index (χ3n) is 3.67. The van der Waals surface area contributed by atoms with E-state index in [1.54, 1.807) is 18.2 Å². The molecule has 0 aromatic heterocycles. The Labute approximate surface area is 127 Å². The van der Waals surface area contributed by atoms with Crippen LogP contribution in [-0.2, 0) is 6.42 Å². The van der Waals surface area contributed by atoms with Gasteiger partial charge in [-0.15, -0.1) is 0 Å². The van der Waals surface area contributed by atoms with Crippen LogP contribution >= 0.6 is 11.6 Å². The lowest BCUT2D eigenvalue weighted by Gasteiger charge is -2.18. The summed E-state index contributed by atoms with van der Waals surface area (Å²) in [7, 11) is 0. The summed E-state index contributed by atoms with van der Waals surface area (Å²) in [5.74, 6) is -0.301. The monoisotopic (exact) mass is 302 g/mol. The van der Waals surface area contributed by atoms with Crippen molar-refractivity contribution in [3.8, 4) is 0 Å². The number of rotatable bonds is 2. The minimum absolute atomic E-state index is 0.301. The molecule has 2 aromatic rings. The van der Waals surface area contributed by atoms with Crippen LogP contribution in [0.2, 0.25) is 5.02 Å². The number of carbonyl (C=O) groups excluding carboxylic acids is 1. The van der Waals surface area contributed by atoms with Crippen LogP contribution in [0.4, 0.5) is 5.69 Å². The number of amides is 1. The van der Waals surface area contributed by atoms with Gasteiger partial charge in [0.1, 0.15) is 0 Å². The third-order valence-corrected chi connectivity index (χ3v) is 3.89. The predicted molar refractivity (Wildman–Crippen MR) is 82.2 cm³/mol. The lowest BCUT2D eigenvalue weighted by atomic mass is 10.1. The Morgan fingerprint density at radius 1 is 1.29 bits per heavy atom. The molecule has 5 heteroatoms. The van der Waals surface area contributed by atoms with Crippen molar-refractivity contribution in [2.45, 2.75) is 18.6 Å². The lowest BCUT2D eigenvalue weighted by molar-refractivity contribution is 0.0858. The Kier molecular flexibility index (Phi) is 3.57. The molecule has 0 heterocycles. The first-order valence-electron chi connectivity index (χ1n) is 6.67. The summed E-state index contributed by atoms with van der Waals surface area (Å²) in [6.45, 7) is 0. The fourth-order valence-electron chi connectivity index (χ4n) is 2.72. The normalized spacial score (nSPS) is 20.1. The summed E-state index contributed by atoms with van der Waals surface area (Å²) in [5, 5.41) is 13.4. The minimum Gasteiger partial charge on any atom is -0.399 e. The standard InChI is InChI=1S/C16H15ClN2O2/c17-11-5-10(6-12(18)8-11)16(21)19-15-13-4-2-1-3-9(13)7-14(15)20/h1-6,8,14-15,20H,7,18H2,(H,19,21)/t14-,15+/m1/s1. The van der Waals surface area contributed by atoms with E-state index in [0.717, 1.165) is 11.1 Å². The van der Waals surface area contributed by atoms with E-state index in [9.17, 15) is 9.90 Å². The first kappa shape index (κ1) is 13.9. The van der Waals surface area contributed by atoms with E-state index in [2.05, 4.69) is 5.32 Å². The SMILES string of the molecule is Nc1cc(Cl)cc(C(=O)N[C@H]2c3ccccc3C[C@H]2O)c1. The molecule has 0 bridgehead atoms. The van der Waals surface area contributed by atoms with Crippen LogP contribution in [0.5, 0.6) is 0 Å². The maximum absolute atomic E-state index is 12.3. The summed E-state index contributed by atoms with van der Waals surface area (Å²) < 4.78 is 0. The lowest BCUT2D eigenvalue weighted by Crippen LogP contribution is -2.33. The van der Waals surface area contributed by atoms with Gasteiger partial charge in [-0.05, 0) is 29.3 Å². The van der Waals surface area contributed by atoms with Crippen molar-refractivity contribution in [1.82, 2.24) is 5.32 Å². The van der Waals surface area contributed by atoms with Gasteiger partial charge in [0.05, 0.1) is 12.1 Å². The van der Waals surface area contributed by atoms with Gasteiger partial charge >= 0.3 is 0 Å². The van der Waals surface area contributed by atoms with Crippen LogP contribution in [0.15, 0.2) is 42.5 Å². The first-order valence-corrected chi connectivity index (χ1v) is 7.05. The number of nitrogens with two attached hydrogens (primary N) is 1. The number of anilines is 1. The number of aliphatic hydroxyl groups excluding tert-OH is 1. The highest BCUT2D eigenvalue weighted by Crippen LogP contribution is 2.31. The van der Waals surface area contributed by atoms with E-state index in [4.69, 9.17) is 17.3 Å². The number of nitrogens with one attached hydrogen (secondary N) is 1. The molecule has 0 saturated carbocycles. The van der Waals surface area contributed by atoms with Crippen molar-refractivity contribution in [2.75, 3.05) is 5.73 Å². The first-order chi connectivity index (χ1) is 10.0. The number of nitrogen functional groups attached to an aromatic ring is 1. The topological polar surface area (TPSA) is 75.4 Å². The van der Waals surface area contributed by atoms with Gasteiger partial charge in [0, 0.05) is 22.7 Å². The zero-order chi connectivity index (χ0) is 15.0. The number of carbonyl (C=O) groups is 1. The zero-order valence-electron chi connectivity index (χ0n) is 11.2. The number of aliphatic hydroxyl groups is 1. The van der Waals surface area contributed by atoms with E-state index < -0.39 is 12.1 Å². The Morgan fingerprint density at radius 3 is 2.81 bits per heavy atom. The summed E-state index contributed by atoms with van der Waals surface area (Å²) in [6.07, 6.45) is -0.0819. The maximum atomic E-state index is 12.3. The molecule has 1 aliphatic carbocycles. The van der Waals surface area contributed by atoms with E-state index >= 15 is 0 Å². The van der Waals surface area contributed by atoms with Crippen LogP contribution in [0.3, 0.4) is 0 Å². The van der Waals surface area contributed by atoms with Gasteiger partial charge in [0.25, 0.3) is 5.91 Å². The number of hydrogen-bond acceptors (Lipinski definition) is 3. The number of benzene rings is 2. The van der Waals surface area contributed by atoms with E-state index in [-0.39, 0.29) is 5.91 Å². The summed E-state index contributed by atoms with van der Waals surface area (Å²) in [6, 6.07) is 12.0. The fraction of sp³-hybridized carbons (Fsp3) is 0.188. The zero-order valence-corrected chi connectivity index (χ0v) is 12.0. The van der Waals surface area contributed by atoms with E-state index in [0.29, 0.717) is 22.7 Å².